The Balaban J connectivity index is 2.46. The van der Waals surface area contributed by atoms with Gasteiger partial charge in [-0.1, -0.05) is 6.07 Å². The summed E-state index contributed by atoms with van der Waals surface area (Å²) in [5.74, 6) is 0.947. The molecule has 14 heavy (non-hydrogen) atoms. The van der Waals surface area contributed by atoms with Crippen molar-refractivity contribution in [2.75, 3.05) is 19.8 Å². The van der Waals surface area contributed by atoms with Crippen LogP contribution in [0.4, 0.5) is 5.69 Å². The number of nitrogens with zero attached hydrogens (tertiary/aromatic N) is 1. The highest BCUT2D eigenvalue weighted by Crippen LogP contribution is 2.24. The summed E-state index contributed by atoms with van der Waals surface area (Å²) in [6, 6.07) is 7.73. The lowest BCUT2D eigenvalue weighted by Crippen LogP contribution is -2.09. The zero-order chi connectivity index (χ0) is 10.1. The minimum absolute atomic E-state index is 0.774. The molecule has 0 fully saturated rings. The Labute approximate surface area is 83.1 Å². The van der Waals surface area contributed by atoms with E-state index in [1.807, 2.05) is 38.4 Å². The molecule has 3 heteroatoms. The first-order valence-corrected chi connectivity index (χ1v) is 4.58. The van der Waals surface area contributed by atoms with Gasteiger partial charge in [-0.25, -0.2) is 0 Å². The minimum atomic E-state index is 0.774. The fourth-order valence-corrected chi connectivity index (χ4v) is 1.53. The number of fused-ring (bicyclic) bond motifs is 1. The number of benzene rings is 1. The smallest absolute Gasteiger partial charge is 0.136 e. The van der Waals surface area contributed by atoms with E-state index < -0.39 is 0 Å². The number of nitrogens with two attached hydrogens (primary N) is 1. The first-order valence-electron chi connectivity index (χ1n) is 4.58. The number of rotatable bonds is 2. The van der Waals surface area contributed by atoms with Crippen molar-refractivity contribution in [3.63, 3.8) is 0 Å². The summed E-state index contributed by atoms with van der Waals surface area (Å²) in [5.41, 5.74) is 7.46. The van der Waals surface area contributed by atoms with Crippen LogP contribution in [0.1, 0.15) is 5.76 Å². The predicted octanol–water partition coefficient (Wildman–Crippen LogP) is 2.08. The van der Waals surface area contributed by atoms with Gasteiger partial charge in [0.1, 0.15) is 11.3 Å². The molecular weight excluding hydrogens is 176 g/mol. The third-order valence-electron chi connectivity index (χ3n) is 2.12. The van der Waals surface area contributed by atoms with Crippen molar-refractivity contribution in [2.45, 2.75) is 6.54 Å². The average molecular weight is 190 g/mol. The van der Waals surface area contributed by atoms with Gasteiger partial charge >= 0.3 is 0 Å². The van der Waals surface area contributed by atoms with Crippen LogP contribution in [-0.2, 0) is 6.54 Å². The fraction of sp³-hybridized carbons (Fsp3) is 0.273. The minimum Gasteiger partial charge on any atom is -0.460 e. The molecule has 0 spiro atoms. The van der Waals surface area contributed by atoms with Gasteiger partial charge in [0.15, 0.2) is 0 Å². The average Bonchev–Trinajstić information content (AvgIpc) is 2.47. The van der Waals surface area contributed by atoms with Gasteiger partial charge in [0.05, 0.1) is 6.54 Å². The van der Waals surface area contributed by atoms with E-state index in [0.29, 0.717) is 0 Å². The molecular formula is C11H14N2O. The van der Waals surface area contributed by atoms with Crippen LogP contribution in [0, 0.1) is 0 Å². The maximum Gasteiger partial charge on any atom is 0.136 e. The zero-order valence-electron chi connectivity index (χ0n) is 8.45. The second kappa shape index (κ2) is 3.35. The lowest BCUT2D eigenvalue weighted by Gasteiger charge is -2.04. The van der Waals surface area contributed by atoms with Gasteiger partial charge in [-0.2, -0.15) is 0 Å². The summed E-state index contributed by atoms with van der Waals surface area (Å²) >= 11 is 0. The summed E-state index contributed by atoms with van der Waals surface area (Å²) in [5, 5.41) is 1.00. The molecule has 2 aromatic rings. The maximum atomic E-state index is 5.83. The molecule has 0 bridgehead atoms. The van der Waals surface area contributed by atoms with E-state index >= 15 is 0 Å². The van der Waals surface area contributed by atoms with Crippen molar-refractivity contribution in [3.05, 3.63) is 30.0 Å². The van der Waals surface area contributed by atoms with Crippen molar-refractivity contribution < 1.29 is 4.42 Å². The molecule has 1 heterocycles. The molecule has 0 amide bonds. The molecule has 1 aromatic carbocycles. The van der Waals surface area contributed by atoms with Gasteiger partial charge in [-0.05, 0) is 32.3 Å². The van der Waals surface area contributed by atoms with Crippen molar-refractivity contribution >= 4 is 16.7 Å². The highest BCUT2D eigenvalue weighted by molar-refractivity contribution is 5.89. The molecule has 2 rings (SSSR count). The number of hydrogen-bond acceptors (Lipinski definition) is 3. The van der Waals surface area contributed by atoms with Gasteiger partial charge < -0.3 is 15.1 Å². The van der Waals surface area contributed by atoms with E-state index in [0.717, 1.165) is 29.0 Å². The number of furan rings is 1. The molecule has 0 radical (unpaired) electrons. The highest BCUT2D eigenvalue weighted by atomic mass is 16.3. The molecule has 74 valence electrons. The molecule has 0 aliphatic heterocycles. The van der Waals surface area contributed by atoms with E-state index in [9.17, 15) is 0 Å². The van der Waals surface area contributed by atoms with E-state index in [1.165, 1.54) is 0 Å². The van der Waals surface area contributed by atoms with Crippen molar-refractivity contribution in [2.24, 2.45) is 0 Å². The number of anilines is 1. The quantitative estimate of drug-likeness (QED) is 0.737. The topological polar surface area (TPSA) is 42.4 Å². The summed E-state index contributed by atoms with van der Waals surface area (Å²) in [6.07, 6.45) is 0. The Bertz CT molecular complexity index is 445. The maximum absolute atomic E-state index is 5.83. The van der Waals surface area contributed by atoms with Gasteiger partial charge in [0.25, 0.3) is 0 Å². The van der Waals surface area contributed by atoms with Crippen molar-refractivity contribution in [1.29, 1.82) is 0 Å². The molecule has 0 aliphatic carbocycles. The Hall–Kier alpha value is -1.48. The van der Waals surface area contributed by atoms with Crippen LogP contribution in [0.2, 0.25) is 0 Å². The Kier molecular flexibility index (Phi) is 2.17. The van der Waals surface area contributed by atoms with Gasteiger partial charge in [-0.15, -0.1) is 0 Å². The lowest BCUT2D eigenvalue weighted by atomic mass is 10.2. The summed E-state index contributed by atoms with van der Waals surface area (Å²) in [6.45, 7) is 0.800. The predicted molar refractivity (Wildman–Crippen MR) is 58.0 cm³/mol. The van der Waals surface area contributed by atoms with Crippen LogP contribution in [0.3, 0.4) is 0 Å². The van der Waals surface area contributed by atoms with E-state index in [-0.39, 0.29) is 0 Å². The van der Waals surface area contributed by atoms with Crippen molar-refractivity contribution in [1.82, 2.24) is 4.90 Å². The van der Waals surface area contributed by atoms with Gasteiger partial charge in [0, 0.05) is 11.1 Å². The summed E-state index contributed by atoms with van der Waals surface area (Å²) in [7, 11) is 4.02. The molecule has 0 saturated heterocycles. The van der Waals surface area contributed by atoms with E-state index in [1.54, 1.807) is 0 Å². The highest BCUT2D eigenvalue weighted by Gasteiger charge is 2.06. The van der Waals surface area contributed by atoms with Crippen molar-refractivity contribution in [3.8, 4) is 0 Å². The van der Waals surface area contributed by atoms with E-state index in [2.05, 4.69) is 4.90 Å². The number of nitrogen functional groups attached to an aromatic ring is 1. The SMILES string of the molecule is CN(C)Cc1cc2c(N)cccc2o1. The Morgan fingerprint density at radius 2 is 2.14 bits per heavy atom. The second-order valence-electron chi connectivity index (χ2n) is 3.71. The molecule has 2 N–H and O–H groups in total. The third kappa shape index (κ3) is 1.59. The molecule has 0 aliphatic rings. The fourth-order valence-electron chi connectivity index (χ4n) is 1.53. The van der Waals surface area contributed by atoms with Crippen LogP contribution in [0.15, 0.2) is 28.7 Å². The molecule has 3 nitrogen and oxygen atoms in total. The van der Waals surface area contributed by atoms with Gasteiger partial charge in [-0.3, -0.25) is 0 Å². The van der Waals surface area contributed by atoms with Crippen LogP contribution < -0.4 is 5.73 Å². The molecule has 0 unspecified atom stereocenters. The molecule has 0 saturated carbocycles. The lowest BCUT2D eigenvalue weighted by molar-refractivity contribution is 0.358. The standard InChI is InChI=1S/C11H14N2O/c1-13(2)7-8-6-9-10(12)4-3-5-11(9)14-8/h3-6H,7,12H2,1-2H3. The summed E-state index contributed by atoms with van der Waals surface area (Å²) in [4.78, 5) is 2.06. The number of hydrogen-bond donors (Lipinski definition) is 1. The normalized spacial score (nSPS) is 11.4. The van der Waals surface area contributed by atoms with Crippen LogP contribution in [0.5, 0.6) is 0 Å². The van der Waals surface area contributed by atoms with Crippen LogP contribution in [-0.4, -0.2) is 19.0 Å². The van der Waals surface area contributed by atoms with Crippen LogP contribution >= 0.6 is 0 Å². The van der Waals surface area contributed by atoms with E-state index in [4.69, 9.17) is 10.2 Å². The third-order valence-corrected chi connectivity index (χ3v) is 2.12. The summed E-state index contributed by atoms with van der Waals surface area (Å²) < 4.78 is 5.64. The Morgan fingerprint density at radius 3 is 2.79 bits per heavy atom. The van der Waals surface area contributed by atoms with Crippen LogP contribution in [0.25, 0.3) is 11.0 Å². The first-order chi connectivity index (χ1) is 6.66. The Morgan fingerprint density at radius 1 is 1.36 bits per heavy atom. The zero-order valence-corrected chi connectivity index (χ0v) is 8.45. The first kappa shape index (κ1) is 9.09. The second-order valence-corrected chi connectivity index (χ2v) is 3.71. The van der Waals surface area contributed by atoms with Gasteiger partial charge in [0.2, 0.25) is 0 Å². The molecule has 0 atom stereocenters. The molecule has 1 aromatic heterocycles. The monoisotopic (exact) mass is 190 g/mol. The largest absolute Gasteiger partial charge is 0.460 e.